The molecule has 1 heterocycles. The molecule has 0 spiro atoms. The summed E-state index contributed by atoms with van der Waals surface area (Å²) in [4.78, 5) is 26.5. The number of carbonyl (C=O) groups is 2. The highest BCUT2D eigenvalue weighted by atomic mass is 16.5. The lowest BCUT2D eigenvalue weighted by molar-refractivity contribution is -0.146. The van der Waals surface area contributed by atoms with Crippen LogP contribution in [0.2, 0.25) is 0 Å². The van der Waals surface area contributed by atoms with E-state index in [-0.39, 0.29) is 0 Å². The second-order valence-corrected chi connectivity index (χ2v) is 4.42. The molecule has 2 amide bonds. The first kappa shape index (κ1) is 14.1. The molecule has 1 aliphatic heterocycles. The van der Waals surface area contributed by atoms with Gasteiger partial charge in [-0.1, -0.05) is 12.1 Å². The summed E-state index contributed by atoms with van der Waals surface area (Å²) in [7, 11) is 1.63. The van der Waals surface area contributed by atoms with Gasteiger partial charge in [0, 0.05) is 26.2 Å². The normalized spacial score (nSPS) is 14.9. The Labute approximate surface area is 117 Å². The number of carbonyl (C=O) groups excluding carboxylic acids is 2. The first-order valence-corrected chi connectivity index (χ1v) is 6.35. The maximum Gasteiger partial charge on any atom is 0.323 e. The molecule has 1 fully saturated rings. The van der Waals surface area contributed by atoms with Gasteiger partial charge in [0.15, 0.2) is 0 Å². The number of hydrazine groups is 1. The van der Waals surface area contributed by atoms with E-state index in [4.69, 9.17) is 10.6 Å². The number of methoxy groups -OCH3 is 1. The largest absolute Gasteiger partial charge is 0.495 e. The Morgan fingerprint density at radius 2 is 1.85 bits per heavy atom. The van der Waals surface area contributed by atoms with E-state index in [1.165, 1.54) is 4.90 Å². The number of piperazine rings is 1. The molecule has 0 radical (unpaired) electrons. The van der Waals surface area contributed by atoms with E-state index >= 15 is 0 Å². The van der Waals surface area contributed by atoms with Gasteiger partial charge in [0.1, 0.15) is 5.75 Å². The lowest BCUT2D eigenvalue weighted by Gasteiger charge is -2.36. The average Bonchev–Trinajstić information content (AvgIpc) is 2.53. The maximum atomic E-state index is 11.7. The van der Waals surface area contributed by atoms with Crippen molar-refractivity contribution in [2.24, 2.45) is 5.84 Å². The van der Waals surface area contributed by atoms with E-state index in [2.05, 4.69) is 4.90 Å². The van der Waals surface area contributed by atoms with Gasteiger partial charge in [-0.3, -0.25) is 15.0 Å². The van der Waals surface area contributed by atoms with Crippen LogP contribution < -0.4 is 20.9 Å². The molecule has 1 saturated heterocycles. The van der Waals surface area contributed by atoms with Crippen LogP contribution in [0.1, 0.15) is 0 Å². The van der Waals surface area contributed by atoms with E-state index in [9.17, 15) is 9.59 Å². The topological polar surface area (TPSA) is 87.9 Å². The molecule has 0 aromatic heterocycles. The Morgan fingerprint density at radius 3 is 2.45 bits per heavy atom. The number of hydrogen-bond donors (Lipinski definition) is 2. The lowest BCUT2D eigenvalue weighted by atomic mass is 10.2. The molecule has 7 nitrogen and oxygen atoms in total. The fourth-order valence-electron chi connectivity index (χ4n) is 2.25. The number of nitrogens with zero attached hydrogens (tertiary/aromatic N) is 2. The first-order chi connectivity index (χ1) is 9.67. The number of nitrogens with two attached hydrogens (primary N) is 1. The second-order valence-electron chi connectivity index (χ2n) is 4.42. The molecule has 0 bridgehead atoms. The summed E-state index contributed by atoms with van der Waals surface area (Å²) in [5.74, 6) is 4.39. The van der Waals surface area contributed by atoms with Crippen molar-refractivity contribution in [2.45, 2.75) is 0 Å². The molecule has 108 valence electrons. The summed E-state index contributed by atoms with van der Waals surface area (Å²) in [6, 6.07) is 7.72. The Hall–Kier alpha value is -2.28. The van der Waals surface area contributed by atoms with Gasteiger partial charge in [0.2, 0.25) is 0 Å². The van der Waals surface area contributed by atoms with Gasteiger partial charge in [0.25, 0.3) is 0 Å². The molecule has 1 aromatic carbocycles. The minimum Gasteiger partial charge on any atom is -0.495 e. The van der Waals surface area contributed by atoms with E-state index in [1.54, 1.807) is 7.11 Å². The SMILES string of the molecule is COc1ccccc1N1CCN(C(=O)C(=O)NN)CC1. The standard InChI is InChI=1S/C13H18N4O3/c1-20-11-5-3-2-4-10(11)16-6-8-17(9-7-16)13(19)12(18)15-14/h2-5H,6-9,14H2,1H3,(H,15,18). The Kier molecular flexibility index (Phi) is 4.41. The van der Waals surface area contributed by atoms with Crippen molar-refractivity contribution >= 4 is 17.5 Å². The van der Waals surface area contributed by atoms with Crippen LogP contribution in [0, 0.1) is 0 Å². The number of benzene rings is 1. The summed E-state index contributed by atoms with van der Waals surface area (Å²) in [6.45, 7) is 2.24. The van der Waals surface area contributed by atoms with Gasteiger partial charge in [-0.05, 0) is 12.1 Å². The fraction of sp³-hybridized carbons (Fsp3) is 0.385. The van der Waals surface area contributed by atoms with Crippen LogP contribution in [0.25, 0.3) is 0 Å². The van der Waals surface area contributed by atoms with Gasteiger partial charge >= 0.3 is 11.8 Å². The Balaban J connectivity index is 2.01. The molecule has 0 atom stereocenters. The van der Waals surface area contributed by atoms with Gasteiger partial charge in [-0.2, -0.15) is 0 Å². The highest BCUT2D eigenvalue weighted by molar-refractivity contribution is 6.34. The summed E-state index contributed by atoms with van der Waals surface area (Å²) in [5, 5.41) is 0. The van der Waals surface area contributed by atoms with Crippen LogP contribution in [-0.4, -0.2) is 50.0 Å². The van der Waals surface area contributed by atoms with Crippen LogP contribution in [0.5, 0.6) is 5.75 Å². The van der Waals surface area contributed by atoms with Crippen molar-refractivity contribution in [3.63, 3.8) is 0 Å². The molecule has 0 unspecified atom stereocenters. The minimum absolute atomic E-state index is 0.476. The van der Waals surface area contributed by atoms with Crippen LogP contribution >= 0.6 is 0 Å². The van der Waals surface area contributed by atoms with Crippen LogP contribution in [-0.2, 0) is 9.59 Å². The lowest BCUT2D eigenvalue weighted by Crippen LogP contribution is -2.53. The van der Waals surface area contributed by atoms with Gasteiger partial charge < -0.3 is 14.5 Å². The summed E-state index contributed by atoms with van der Waals surface area (Å²) in [5.41, 5.74) is 2.85. The van der Waals surface area contributed by atoms with Crippen molar-refractivity contribution in [1.82, 2.24) is 10.3 Å². The number of amides is 2. The van der Waals surface area contributed by atoms with Crippen molar-refractivity contribution in [2.75, 3.05) is 38.2 Å². The molecule has 0 aliphatic carbocycles. The monoisotopic (exact) mass is 278 g/mol. The van der Waals surface area contributed by atoms with Crippen molar-refractivity contribution in [3.8, 4) is 5.75 Å². The maximum absolute atomic E-state index is 11.7. The molecule has 2 rings (SSSR count). The third-order valence-corrected chi connectivity index (χ3v) is 3.32. The fourth-order valence-corrected chi connectivity index (χ4v) is 2.25. The van der Waals surface area contributed by atoms with Gasteiger partial charge in [-0.15, -0.1) is 0 Å². The number of rotatable bonds is 2. The number of nitrogens with one attached hydrogen (secondary N) is 1. The zero-order valence-corrected chi connectivity index (χ0v) is 11.3. The van der Waals surface area contributed by atoms with E-state index in [0.29, 0.717) is 26.2 Å². The average molecular weight is 278 g/mol. The molecule has 20 heavy (non-hydrogen) atoms. The highest BCUT2D eigenvalue weighted by Crippen LogP contribution is 2.28. The second kappa shape index (κ2) is 6.25. The van der Waals surface area contributed by atoms with E-state index in [0.717, 1.165) is 11.4 Å². The van der Waals surface area contributed by atoms with Crippen LogP contribution in [0.15, 0.2) is 24.3 Å². The van der Waals surface area contributed by atoms with Crippen molar-refractivity contribution in [3.05, 3.63) is 24.3 Å². The predicted molar refractivity (Wildman–Crippen MR) is 74.1 cm³/mol. The molecule has 1 aliphatic rings. The zero-order chi connectivity index (χ0) is 14.5. The Morgan fingerprint density at radius 1 is 1.20 bits per heavy atom. The summed E-state index contributed by atoms with van der Waals surface area (Å²) in [6.07, 6.45) is 0. The number of anilines is 1. The van der Waals surface area contributed by atoms with Crippen molar-refractivity contribution < 1.29 is 14.3 Å². The summed E-state index contributed by atoms with van der Waals surface area (Å²) >= 11 is 0. The highest BCUT2D eigenvalue weighted by Gasteiger charge is 2.26. The predicted octanol–water partition coefficient (Wildman–Crippen LogP) is -0.666. The first-order valence-electron chi connectivity index (χ1n) is 6.35. The number of para-hydroxylation sites is 2. The van der Waals surface area contributed by atoms with E-state index in [1.807, 2.05) is 29.7 Å². The molecule has 1 aromatic rings. The zero-order valence-electron chi connectivity index (χ0n) is 11.3. The Bertz CT molecular complexity index is 498. The van der Waals surface area contributed by atoms with Gasteiger partial charge in [-0.25, -0.2) is 5.84 Å². The molecule has 0 saturated carbocycles. The van der Waals surface area contributed by atoms with Gasteiger partial charge in [0.05, 0.1) is 12.8 Å². The third-order valence-electron chi connectivity index (χ3n) is 3.32. The summed E-state index contributed by atoms with van der Waals surface area (Å²) < 4.78 is 5.33. The number of hydrogen-bond acceptors (Lipinski definition) is 5. The smallest absolute Gasteiger partial charge is 0.323 e. The van der Waals surface area contributed by atoms with Crippen LogP contribution in [0.4, 0.5) is 5.69 Å². The minimum atomic E-state index is -0.782. The molecular formula is C13H18N4O3. The molecule has 7 heteroatoms. The molecule has 3 N–H and O–H groups in total. The van der Waals surface area contributed by atoms with E-state index < -0.39 is 11.8 Å². The third kappa shape index (κ3) is 2.83. The van der Waals surface area contributed by atoms with Crippen molar-refractivity contribution in [1.29, 1.82) is 0 Å². The quantitative estimate of drug-likeness (QED) is 0.324. The van der Waals surface area contributed by atoms with Crippen LogP contribution in [0.3, 0.4) is 0 Å². The molecular weight excluding hydrogens is 260 g/mol. The number of ether oxygens (including phenoxy) is 1.